The van der Waals surface area contributed by atoms with E-state index in [1.165, 1.54) is 13.2 Å². The quantitative estimate of drug-likeness (QED) is 0.871. The van der Waals surface area contributed by atoms with Crippen LogP contribution in [0, 0.1) is 11.2 Å². The average molecular weight is 251 g/mol. The van der Waals surface area contributed by atoms with Crippen molar-refractivity contribution in [2.75, 3.05) is 7.11 Å². The van der Waals surface area contributed by atoms with Crippen molar-refractivity contribution in [2.45, 2.75) is 45.1 Å². The Balaban J connectivity index is 2.35. The number of hydrogen-bond acceptors (Lipinski definition) is 2. The lowest BCUT2D eigenvalue weighted by molar-refractivity contribution is 0.148. The van der Waals surface area contributed by atoms with Crippen LogP contribution < -0.4 is 10.5 Å². The lowest BCUT2D eigenvalue weighted by Crippen LogP contribution is -2.44. The first-order valence-corrected chi connectivity index (χ1v) is 6.49. The van der Waals surface area contributed by atoms with Gasteiger partial charge in [-0.15, -0.1) is 0 Å². The zero-order valence-corrected chi connectivity index (χ0v) is 11.4. The summed E-state index contributed by atoms with van der Waals surface area (Å²) in [5, 5.41) is 0. The number of rotatable bonds is 2. The second-order valence-electron chi connectivity index (χ2n) is 6.20. The van der Waals surface area contributed by atoms with Crippen molar-refractivity contribution in [2.24, 2.45) is 11.1 Å². The van der Waals surface area contributed by atoms with E-state index in [2.05, 4.69) is 13.8 Å². The Kier molecular flexibility index (Phi) is 3.37. The first-order valence-electron chi connectivity index (χ1n) is 6.49. The van der Waals surface area contributed by atoms with Gasteiger partial charge >= 0.3 is 0 Å². The van der Waals surface area contributed by atoms with Gasteiger partial charge in [0.05, 0.1) is 7.11 Å². The fourth-order valence-corrected chi connectivity index (χ4v) is 3.17. The molecule has 18 heavy (non-hydrogen) atoms. The van der Waals surface area contributed by atoms with Crippen LogP contribution in [0.25, 0.3) is 0 Å². The van der Waals surface area contributed by atoms with Crippen molar-refractivity contribution in [3.63, 3.8) is 0 Å². The van der Waals surface area contributed by atoms with Crippen molar-refractivity contribution in [3.05, 3.63) is 29.6 Å². The summed E-state index contributed by atoms with van der Waals surface area (Å²) in [5.41, 5.74) is 6.73. The van der Waals surface area contributed by atoms with Gasteiger partial charge in [-0.3, -0.25) is 0 Å². The Morgan fingerprint density at radius 3 is 2.56 bits per heavy atom. The van der Waals surface area contributed by atoms with Crippen molar-refractivity contribution in [1.82, 2.24) is 0 Å². The minimum Gasteiger partial charge on any atom is -0.497 e. The van der Waals surface area contributed by atoms with Gasteiger partial charge in [0.1, 0.15) is 11.6 Å². The molecule has 1 fully saturated rings. The van der Waals surface area contributed by atoms with Crippen LogP contribution in [0.4, 0.5) is 4.39 Å². The molecule has 1 aromatic carbocycles. The SMILES string of the molecule is COc1ccc(C2(N)CCCC(C)(C)C2)c(F)c1. The fraction of sp³-hybridized carbons (Fsp3) is 0.600. The zero-order valence-electron chi connectivity index (χ0n) is 11.4. The number of methoxy groups -OCH3 is 1. The molecule has 0 saturated heterocycles. The van der Waals surface area contributed by atoms with E-state index in [-0.39, 0.29) is 11.2 Å². The summed E-state index contributed by atoms with van der Waals surface area (Å²) in [6.07, 6.45) is 3.88. The van der Waals surface area contributed by atoms with Crippen LogP contribution in [-0.2, 0) is 5.54 Å². The third kappa shape index (κ3) is 2.51. The molecular weight excluding hydrogens is 229 g/mol. The lowest BCUT2D eigenvalue weighted by atomic mass is 9.66. The Bertz CT molecular complexity index is 444. The van der Waals surface area contributed by atoms with Gasteiger partial charge in [-0.05, 0) is 30.7 Å². The molecule has 100 valence electrons. The molecule has 0 amide bonds. The highest BCUT2D eigenvalue weighted by atomic mass is 19.1. The molecule has 0 aromatic heterocycles. The lowest BCUT2D eigenvalue weighted by Gasteiger charge is -2.43. The first-order chi connectivity index (χ1) is 8.36. The Morgan fingerprint density at radius 1 is 1.28 bits per heavy atom. The summed E-state index contributed by atoms with van der Waals surface area (Å²) in [7, 11) is 1.54. The highest BCUT2D eigenvalue weighted by Gasteiger charge is 2.39. The van der Waals surface area contributed by atoms with Crippen LogP contribution in [0.3, 0.4) is 0 Å². The predicted molar refractivity (Wildman–Crippen MR) is 71.1 cm³/mol. The molecule has 1 saturated carbocycles. The minimum absolute atomic E-state index is 0.180. The van der Waals surface area contributed by atoms with Gasteiger partial charge in [0.25, 0.3) is 0 Å². The molecule has 3 heteroatoms. The van der Waals surface area contributed by atoms with Gasteiger partial charge in [-0.1, -0.05) is 26.3 Å². The summed E-state index contributed by atoms with van der Waals surface area (Å²) < 4.78 is 19.2. The largest absolute Gasteiger partial charge is 0.497 e. The topological polar surface area (TPSA) is 35.2 Å². The molecule has 2 rings (SSSR count). The van der Waals surface area contributed by atoms with Gasteiger partial charge < -0.3 is 10.5 Å². The van der Waals surface area contributed by atoms with Gasteiger partial charge in [-0.2, -0.15) is 0 Å². The Hall–Kier alpha value is -1.09. The summed E-state index contributed by atoms with van der Waals surface area (Å²) in [5.74, 6) is 0.282. The highest BCUT2D eigenvalue weighted by Crippen LogP contribution is 2.45. The fourth-order valence-electron chi connectivity index (χ4n) is 3.17. The van der Waals surface area contributed by atoms with Gasteiger partial charge in [0.15, 0.2) is 0 Å². The minimum atomic E-state index is -0.544. The maximum Gasteiger partial charge on any atom is 0.131 e. The second-order valence-corrected chi connectivity index (χ2v) is 6.20. The number of nitrogens with two attached hydrogens (primary N) is 1. The third-order valence-corrected chi connectivity index (χ3v) is 3.98. The van der Waals surface area contributed by atoms with Crippen LogP contribution >= 0.6 is 0 Å². The summed E-state index contributed by atoms with van der Waals surface area (Å²) in [6, 6.07) is 4.98. The van der Waals surface area contributed by atoms with E-state index in [0.29, 0.717) is 11.3 Å². The summed E-state index contributed by atoms with van der Waals surface area (Å²) in [6.45, 7) is 4.41. The zero-order chi connectivity index (χ0) is 13.4. The molecule has 1 aliphatic rings. The maximum absolute atomic E-state index is 14.2. The molecule has 0 radical (unpaired) electrons. The Labute approximate surface area is 108 Å². The molecular formula is C15H22FNO. The molecule has 2 nitrogen and oxygen atoms in total. The highest BCUT2D eigenvalue weighted by molar-refractivity contribution is 5.34. The molecule has 1 unspecified atom stereocenters. The van der Waals surface area contributed by atoms with E-state index in [1.54, 1.807) is 12.1 Å². The van der Waals surface area contributed by atoms with E-state index in [9.17, 15) is 4.39 Å². The number of ether oxygens (including phenoxy) is 1. The Morgan fingerprint density at radius 2 is 2.00 bits per heavy atom. The van der Waals surface area contributed by atoms with Crippen LogP contribution in [0.1, 0.15) is 45.1 Å². The van der Waals surface area contributed by atoms with Crippen molar-refractivity contribution >= 4 is 0 Å². The predicted octanol–water partition coefficient (Wildman–Crippen LogP) is 3.59. The maximum atomic E-state index is 14.2. The van der Waals surface area contributed by atoms with E-state index in [0.717, 1.165) is 25.7 Å². The molecule has 1 atom stereocenters. The smallest absolute Gasteiger partial charge is 0.131 e. The average Bonchev–Trinajstić information content (AvgIpc) is 2.26. The van der Waals surface area contributed by atoms with E-state index >= 15 is 0 Å². The van der Waals surface area contributed by atoms with E-state index in [4.69, 9.17) is 10.5 Å². The monoisotopic (exact) mass is 251 g/mol. The number of hydrogen-bond donors (Lipinski definition) is 1. The van der Waals surface area contributed by atoms with Crippen molar-refractivity contribution in [3.8, 4) is 5.75 Å². The first kappa shape index (κ1) is 13.3. The van der Waals surface area contributed by atoms with Crippen LogP contribution in [0.2, 0.25) is 0 Å². The van der Waals surface area contributed by atoms with Crippen LogP contribution in [0.15, 0.2) is 18.2 Å². The molecule has 1 aromatic rings. The van der Waals surface area contributed by atoms with E-state index in [1.807, 2.05) is 0 Å². The van der Waals surface area contributed by atoms with Gasteiger partial charge in [-0.25, -0.2) is 4.39 Å². The van der Waals surface area contributed by atoms with Crippen molar-refractivity contribution in [1.29, 1.82) is 0 Å². The second kappa shape index (κ2) is 4.54. The summed E-state index contributed by atoms with van der Waals surface area (Å²) >= 11 is 0. The van der Waals surface area contributed by atoms with E-state index < -0.39 is 5.54 Å². The summed E-state index contributed by atoms with van der Waals surface area (Å²) in [4.78, 5) is 0. The molecule has 2 N–H and O–H groups in total. The van der Waals surface area contributed by atoms with Crippen LogP contribution in [0.5, 0.6) is 5.75 Å². The standard InChI is InChI=1S/C15H22FNO/c1-14(2)7-4-8-15(17,10-14)12-6-5-11(18-3)9-13(12)16/h5-6,9H,4,7-8,10,17H2,1-3H3. The van der Waals surface area contributed by atoms with Crippen molar-refractivity contribution < 1.29 is 9.13 Å². The number of halogens is 1. The molecule has 0 heterocycles. The molecule has 0 bridgehead atoms. The van der Waals surface area contributed by atoms with Crippen LogP contribution in [-0.4, -0.2) is 7.11 Å². The number of benzene rings is 1. The van der Waals surface area contributed by atoms with Gasteiger partial charge in [0.2, 0.25) is 0 Å². The normalized spacial score (nSPS) is 26.9. The molecule has 0 spiro atoms. The molecule has 0 aliphatic heterocycles. The third-order valence-electron chi connectivity index (χ3n) is 3.98. The van der Waals surface area contributed by atoms with Gasteiger partial charge in [0, 0.05) is 17.2 Å². The molecule has 1 aliphatic carbocycles.